The normalized spacial score (nSPS) is 18.1. The predicted octanol–water partition coefficient (Wildman–Crippen LogP) is 1.49. The van der Waals surface area contributed by atoms with Gasteiger partial charge in [0.1, 0.15) is 6.61 Å². The smallest absolute Gasteiger partial charge is 0.237 e. The van der Waals surface area contributed by atoms with Crippen LogP contribution in [0.2, 0.25) is 0 Å². The van der Waals surface area contributed by atoms with Crippen LogP contribution in [0.15, 0.2) is 18.2 Å². The molecular formula is C16H17NO3. The van der Waals surface area contributed by atoms with Gasteiger partial charge in [0, 0.05) is 17.9 Å². The molecule has 2 amide bonds. The Morgan fingerprint density at radius 2 is 2.15 bits per heavy atom. The number of carbonyl (C=O) groups excluding carboxylic acids is 2. The molecule has 4 nitrogen and oxygen atoms in total. The van der Waals surface area contributed by atoms with Crippen molar-refractivity contribution in [3.8, 4) is 11.8 Å². The van der Waals surface area contributed by atoms with Crippen molar-refractivity contribution in [2.45, 2.75) is 26.7 Å². The van der Waals surface area contributed by atoms with E-state index in [-0.39, 0.29) is 30.8 Å². The number of aryl methyl sites for hydroxylation is 1. The second-order valence-electron chi connectivity index (χ2n) is 4.83. The molecule has 1 aromatic rings. The molecular weight excluding hydrogens is 254 g/mol. The average molecular weight is 271 g/mol. The number of aliphatic hydroxyl groups is 1. The standard InChI is InChI=1S/C16H17NO3/c1-3-13-10-12(5-4-8-18)6-7-14(13)17-15(19)9-11(2)16(17)20/h6-7,10-11,18H,3,8-9H2,1-2H3. The summed E-state index contributed by atoms with van der Waals surface area (Å²) in [6.07, 6.45) is 0.976. The molecule has 1 heterocycles. The zero-order valence-electron chi connectivity index (χ0n) is 11.6. The molecule has 2 rings (SSSR count). The van der Waals surface area contributed by atoms with Crippen molar-refractivity contribution in [1.82, 2.24) is 0 Å². The largest absolute Gasteiger partial charge is 0.384 e. The van der Waals surface area contributed by atoms with Gasteiger partial charge in [-0.05, 0) is 30.2 Å². The van der Waals surface area contributed by atoms with E-state index in [1.165, 1.54) is 4.90 Å². The molecule has 0 radical (unpaired) electrons. The summed E-state index contributed by atoms with van der Waals surface area (Å²) in [6.45, 7) is 3.55. The number of rotatable bonds is 2. The lowest BCUT2D eigenvalue weighted by molar-refractivity contribution is -0.122. The van der Waals surface area contributed by atoms with Crippen LogP contribution in [0.3, 0.4) is 0 Å². The van der Waals surface area contributed by atoms with Crippen molar-refractivity contribution in [2.24, 2.45) is 5.92 Å². The molecule has 104 valence electrons. The lowest BCUT2D eigenvalue weighted by atomic mass is 10.1. The second-order valence-corrected chi connectivity index (χ2v) is 4.83. The van der Waals surface area contributed by atoms with Crippen molar-refractivity contribution < 1.29 is 14.7 Å². The van der Waals surface area contributed by atoms with Crippen molar-refractivity contribution in [1.29, 1.82) is 0 Å². The highest BCUT2D eigenvalue weighted by Crippen LogP contribution is 2.30. The number of imide groups is 1. The predicted molar refractivity (Wildman–Crippen MR) is 76.1 cm³/mol. The number of benzene rings is 1. The molecule has 1 N–H and O–H groups in total. The number of amides is 2. The highest BCUT2D eigenvalue weighted by Gasteiger charge is 2.37. The van der Waals surface area contributed by atoms with Gasteiger partial charge in [0.25, 0.3) is 0 Å². The summed E-state index contributed by atoms with van der Waals surface area (Å²) in [5, 5.41) is 8.71. The number of hydrogen-bond acceptors (Lipinski definition) is 3. The second kappa shape index (κ2) is 5.89. The van der Waals surface area contributed by atoms with E-state index >= 15 is 0 Å². The van der Waals surface area contributed by atoms with Crippen molar-refractivity contribution >= 4 is 17.5 Å². The van der Waals surface area contributed by atoms with Gasteiger partial charge < -0.3 is 5.11 Å². The molecule has 1 aliphatic heterocycles. The minimum Gasteiger partial charge on any atom is -0.384 e. The zero-order valence-corrected chi connectivity index (χ0v) is 11.6. The van der Waals surface area contributed by atoms with Gasteiger partial charge in [0.05, 0.1) is 5.69 Å². The third kappa shape index (κ3) is 2.59. The SMILES string of the molecule is CCc1cc(C#CCO)ccc1N1C(=O)CC(C)C1=O. The summed E-state index contributed by atoms with van der Waals surface area (Å²) in [6, 6.07) is 5.39. The van der Waals surface area contributed by atoms with Crippen LogP contribution >= 0.6 is 0 Å². The average Bonchev–Trinajstić information content (AvgIpc) is 2.70. The van der Waals surface area contributed by atoms with Gasteiger partial charge in [-0.25, -0.2) is 0 Å². The van der Waals surface area contributed by atoms with E-state index in [2.05, 4.69) is 11.8 Å². The summed E-state index contributed by atoms with van der Waals surface area (Å²) < 4.78 is 0. The van der Waals surface area contributed by atoms with Gasteiger partial charge in [0.2, 0.25) is 11.8 Å². The molecule has 1 atom stereocenters. The first-order valence-electron chi connectivity index (χ1n) is 6.68. The Kier molecular flexibility index (Phi) is 4.21. The monoisotopic (exact) mass is 271 g/mol. The number of carbonyl (C=O) groups is 2. The maximum atomic E-state index is 12.1. The Bertz CT molecular complexity index is 610. The molecule has 0 saturated carbocycles. The van der Waals surface area contributed by atoms with Crippen LogP contribution in [0.25, 0.3) is 0 Å². The van der Waals surface area contributed by atoms with Gasteiger partial charge in [-0.2, -0.15) is 0 Å². The molecule has 1 unspecified atom stereocenters. The summed E-state index contributed by atoms with van der Waals surface area (Å²) in [5.41, 5.74) is 2.33. The third-order valence-electron chi connectivity index (χ3n) is 3.39. The van der Waals surface area contributed by atoms with Crippen LogP contribution in [0.4, 0.5) is 5.69 Å². The maximum Gasteiger partial charge on any atom is 0.237 e. The first-order valence-corrected chi connectivity index (χ1v) is 6.68. The molecule has 1 aliphatic rings. The van der Waals surface area contributed by atoms with Crippen LogP contribution in [0.1, 0.15) is 31.4 Å². The van der Waals surface area contributed by atoms with Gasteiger partial charge >= 0.3 is 0 Å². The first kappa shape index (κ1) is 14.3. The van der Waals surface area contributed by atoms with E-state index in [0.29, 0.717) is 12.1 Å². The summed E-state index contributed by atoms with van der Waals surface area (Å²) in [5.74, 6) is 4.88. The summed E-state index contributed by atoms with van der Waals surface area (Å²) in [4.78, 5) is 25.3. The highest BCUT2D eigenvalue weighted by molar-refractivity contribution is 6.21. The van der Waals surface area contributed by atoms with Gasteiger partial charge in [-0.1, -0.05) is 25.7 Å². The summed E-state index contributed by atoms with van der Waals surface area (Å²) >= 11 is 0. The fourth-order valence-corrected chi connectivity index (χ4v) is 2.34. The Hall–Kier alpha value is -2.12. The van der Waals surface area contributed by atoms with Gasteiger partial charge in [-0.15, -0.1) is 0 Å². The van der Waals surface area contributed by atoms with E-state index in [1.54, 1.807) is 19.1 Å². The molecule has 0 spiro atoms. The Morgan fingerprint density at radius 3 is 2.70 bits per heavy atom. The van der Waals surface area contributed by atoms with Gasteiger partial charge in [-0.3, -0.25) is 14.5 Å². The van der Waals surface area contributed by atoms with Crippen LogP contribution in [0, 0.1) is 17.8 Å². The minimum absolute atomic E-state index is 0.140. The molecule has 4 heteroatoms. The number of aliphatic hydroxyl groups excluding tert-OH is 1. The minimum atomic E-state index is -0.249. The Morgan fingerprint density at radius 1 is 1.40 bits per heavy atom. The van der Waals surface area contributed by atoms with Crippen LogP contribution in [-0.4, -0.2) is 23.5 Å². The van der Waals surface area contributed by atoms with E-state index in [0.717, 1.165) is 11.1 Å². The first-order chi connectivity index (χ1) is 9.58. The van der Waals surface area contributed by atoms with E-state index in [1.807, 2.05) is 13.0 Å². The quantitative estimate of drug-likeness (QED) is 0.655. The lowest BCUT2D eigenvalue weighted by Gasteiger charge is -2.18. The van der Waals surface area contributed by atoms with E-state index < -0.39 is 0 Å². The molecule has 1 aromatic carbocycles. The van der Waals surface area contributed by atoms with Crippen LogP contribution in [0.5, 0.6) is 0 Å². The van der Waals surface area contributed by atoms with E-state index in [4.69, 9.17) is 5.11 Å². The Balaban J connectivity index is 2.42. The Labute approximate surface area is 118 Å². The van der Waals surface area contributed by atoms with Crippen LogP contribution in [-0.2, 0) is 16.0 Å². The zero-order chi connectivity index (χ0) is 14.7. The van der Waals surface area contributed by atoms with Crippen LogP contribution < -0.4 is 4.90 Å². The summed E-state index contributed by atoms with van der Waals surface area (Å²) in [7, 11) is 0. The molecule has 0 bridgehead atoms. The number of nitrogens with zero attached hydrogens (tertiary/aromatic N) is 1. The molecule has 0 aliphatic carbocycles. The third-order valence-corrected chi connectivity index (χ3v) is 3.39. The topological polar surface area (TPSA) is 57.6 Å². The lowest BCUT2D eigenvalue weighted by Crippen LogP contribution is -2.30. The van der Waals surface area contributed by atoms with E-state index in [9.17, 15) is 9.59 Å². The molecule has 0 aromatic heterocycles. The van der Waals surface area contributed by atoms with Gasteiger partial charge in [0.15, 0.2) is 0 Å². The maximum absolute atomic E-state index is 12.1. The highest BCUT2D eigenvalue weighted by atomic mass is 16.2. The number of hydrogen-bond donors (Lipinski definition) is 1. The molecule has 20 heavy (non-hydrogen) atoms. The fraction of sp³-hybridized carbons (Fsp3) is 0.375. The van der Waals surface area contributed by atoms with Crippen molar-refractivity contribution in [3.05, 3.63) is 29.3 Å². The van der Waals surface area contributed by atoms with Crippen molar-refractivity contribution in [2.75, 3.05) is 11.5 Å². The molecule has 1 saturated heterocycles. The number of anilines is 1. The molecule has 1 fully saturated rings. The fourth-order valence-electron chi connectivity index (χ4n) is 2.34. The van der Waals surface area contributed by atoms with Crippen molar-refractivity contribution in [3.63, 3.8) is 0 Å².